The topological polar surface area (TPSA) is 92.5 Å². The van der Waals surface area contributed by atoms with Crippen LogP contribution in [-0.2, 0) is 0 Å². The number of nitrogens with one attached hydrogen (secondary N) is 2. The third-order valence-electron chi connectivity index (χ3n) is 2.29. The Morgan fingerprint density at radius 3 is 3.06 bits per heavy atom. The third kappa shape index (κ3) is 2.10. The van der Waals surface area contributed by atoms with Crippen LogP contribution >= 0.6 is 11.8 Å². The number of hydrogen-bond donors (Lipinski definition) is 3. The van der Waals surface area contributed by atoms with E-state index in [9.17, 15) is 0 Å². The van der Waals surface area contributed by atoms with Crippen molar-refractivity contribution in [3.63, 3.8) is 0 Å². The predicted octanol–water partition coefficient (Wildman–Crippen LogP) is 1.53. The van der Waals surface area contributed by atoms with Crippen LogP contribution in [0.1, 0.15) is 20.3 Å². The molecule has 0 bridgehead atoms. The summed E-state index contributed by atoms with van der Waals surface area (Å²) in [6.45, 7) is 4.31. The second kappa shape index (κ2) is 4.67. The zero-order valence-corrected chi connectivity index (χ0v) is 10.0. The van der Waals surface area contributed by atoms with E-state index in [-0.39, 0.29) is 0 Å². The number of nitrogens with two attached hydrogens (primary N) is 1. The molecule has 2 rings (SSSR count). The minimum absolute atomic E-state index is 0.405. The first-order valence-corrected chi connectivity index (χ1v) is 5.97. The highest BCUT2D eigenvalue weighted by atomic mass is 32.2. The van der Waals surface area contributed by atoms with E-state index in [0.717, 1.165) is 16.8 Å². The molecule has 4 N–H and O–H groups in total. The SMILES string of the molecule is CCC(C)Sc1nc(NN)nc2[nH]ncc12. The van der Waals surface area contributed by atoms with Crippen molar-refractivity contribution < 1.29 is 0 Å². The monoisotopic (exact) mass is 238 g/mol. The molecule has 0 fully saturated rings. The summed E-state index contributed by atoms with van der Waals surface area (Å²) >= 11 is 1.70. The number of H-pyrrole nitrogens is 1. The molecule has 1 unspecified atom stereocenters. The molecular weight excluding hydrogens is 224 g/mol. The third-order valence-corrected chi connectivity index (χ3v) is 3.56. The van der Waals surface area contributed by atoms with Gasteiger partial charge in [-0.1, -0.05) is 13.8 Å². The molecular formula is C9H14N6S. The van der Waals surface area contributed by atoms with Gasteiger partial charge in [-0.2, -0.15) is 10.1 Å². The Bertz CT molecular complexity index is 482. The van der Waals surface area contributed by atoms with Gasteiger partial charge in [0.05, 0.1) is 11.6 Å². The predicted molar refractivity (Wildman–Crippen MR) is 65.1 cm³/mol. The molecule has 0 aliphatic heterocycles. The molecule has 7 heteroatoms. The molecule has 0 amide bonds. The van der Waals surface area contributed by atoms with Crippen LogP contribution in [0.25, 0.3) is 11.0 Å². The number of fused-ring (bicyclic) bond motifs is 1. The highest BCUT2D eigenvalue weighted by Crippen LogP contribution is 2.29. The fourth-order valence-electron chi connectivity index (χ4n) is 1.24. The minimum atomic E-state index is 0.405. The Morgan fingerprint density at radius 1 is 1.56 bits per heavy atom. The summed E-state index contributed by atoms with van der Waals surface area (Å²) in [5.74, 6) is 5.73. The van der Waals surface area contributed by atoms with E-state index in [1.54, 1.807) is 18.0 Å². The van der Waals surface area contributed by atoms with Crippen LogP contribution in [-0.4, -0.2) is 25.4 Å². The average molecular weight is 238 g/mol. The van der Waals surface area contributed by atoms with Gasteiger partial charge in [-0.05, 0) is 6.42 Å². The quantitative estimate of drug-likeness (QED) is 0.324. The summed E-state index contributed by atoms with van der Waals surface area (Å²) in [5.41, 5.74) is 3.16. The van der Waals surface area contributed by atoms with Gasteiger partial charge in [-0.3, -0.25) is 10.5 Å². The van der Waals surface area contributed by atoms with Crippen molar-refractivity contribution in [1.82, 2.24) is 20.2 Å². The van der Waals surface area contributed by atoms with Crippen molar-refractivity contribution in [1.29, 1.82) is 0 Å². The van der Waals surface area contributed by atoms with Gasteiger partial charge in [0.1, 0.15) is 5.03 Å². The number of hydrogen-bond acceptors (Lipinski definition) is 6. The van der Waals surface area contributed by atoms with E-state index in [1.165, 1.54) is 0 Å². The summed E-state index contributed by atoms with van der Waals surface area (Å²) in [6.07, 6.45) is 2.82. The second-order valence-corrected chi connectivity index (χ2v) is 4.89. The van der Waals surface area contributed by atoms with Gasteiger partial charge < -0.3 is 0 Å². The van der Waals surface area contributed by atoms with Crippen molar-refractivity contribution in [2.45, 2.75) is 30.5 Å². The molecule has 2 aromatic heterocycles. The van der Waals surface area contributed by atoms with Crippen molar-refractivity contribution in [2.75, 3.05) is 5.43 Å². The Hall–Kier alpha value is -1.34. The molecule has 16 heavy (non-hydrogen) atoms. The minimum Gasteiger partial charge on any atom is -0.292 e. The normalized spacial score (nSPS) is 12.9. The molecule has 6 nitrogen and oxygen atoms in total. The van der Waals surface area contributed by atoms with E-state index >= 15 is 0 Å². The molecule has 0 radical (unpaired) electrons. The van der Waals surface area contributed by atoms with E-state index in [0.29, 0.717) is 16.8 Å². The van der Waals surface area contributed by atoms with Crippen LogP contribution in [0.15, 0.2) is 11.2 Å². The molecule has 0 saturated heterocycles. The lowest BCUT2D eigenvalue weighted by Gasteiger charge is -2.08. The number of aromatic nitrogens is 4. The number of hydrazine groups is 1. The molecule has 86 valence electrons. The molecule has 0 aromatic carbocycles. The summed E-state index contributed by atoms with van der Waals surface area (Å²) in [6, 6.07) is 0. The second-order valence-electron chi connectivity index (χ2n) is 3.47. The maximum absolute atomic E-state index is 5.32. The van der Waals surface area contributed by atoms with Crippen molar-refractivity contribution in [2.24, 2.45) is 5.84 Å². The summed E-state index contributed by atoms with van der Waals surface area (Å²) in [5, 5.41) is 9.11. The van der Waals surface area contributed by atoms with Crippen LogP contribution in [0.3, 0.4) is 0 Å². The van der Waals surface area contributed by atoms with Crippen LogP contribution in [0.2, 0.25) is 0 Å². The lowest BCUT2D eigenvalue weighted by atomic mass is 10.4. The number of anilines is 1. The Labute approximate surface area is 97.4 Å². The van der Waals surface area contributed by atoms with Gasteiger partial charge in [0.2, 0.25) is 5.95 Å². The standard InChI is InChI=1S/C9H14N6S/c1-3-5(2)16-8-6-4-11-15-7(6)12-9(13-8)14-10/h4-5H,3,10H2,1-2H3,(H2,11,12,13,14,15). The molecule has 0 spiro atoms. The highest BCUT2D eigenvalue weighted by Gasteiger charge is 2.11. The highest BCUT2D eigenvalue weighted by molar-refractivity contribution is 8.00. The van der Waals surface area contributed by atoms with E-state index in [1.807, 2.05) is 0 Å². The first kappa shape index (κ1) is 11.2. The van der Waals surface area contributed by atoms with E-state index < -0.39 is 0 Å². The Balaban J connectivity index is 2.44. The zero-order valence-electron chi connectivity index (χ0n) is 9.19. The summed E-state index contributed by atoms with van der Waals surface area (Å²) in [4.78, 5) is 8.50. The Kier molecular flexibility index (Phi) is 3.25. The fourth-order valence-corrected chi connectivity index (χ4v) is 2.20. The van der Waals surface area contributed by atoms with Crippen LogP contribution in [0.4, 0.5) is 5.95 Å². The van der Waals surface area contributed by atoms with Crippen molar-refractivity contribution >= 4 is 28.7 Å². The molecule has 0 saturated carbocycles. The van der Waals surface area contributed by atoms with E-state index in [4.69, 9.17) is 5.84 Å². The number of rotatable bonds is 4. The van der Waals surface area contributed by atoms with Gasteiger partial charge in [0.15, 0.2) is 5.65 Å². The Morgan fingerprint density at radius 2 is 2.38 bits per heavy atom. The van der Waals surface area contributed by atoms with E-state index in [2.05, 4.69) is 39.4 Å². The fraction of sp³-hybridized carbons (Fsp3) is 0.444. The molecule has 1 atom stereocenters. The van der Waals surface area contributed by atoms with Crippen LogP contribution in [0.5, 0.6) is 0 Å². The number of nitrogen functional groups attached to an aromatic ring is 1. The van der Waals surface area contributed by atoms with Gasteiger partial charge in [0.25, 0.3) is 0 Å². The first-order valence-electron chi connectivity index (χ1n) is 5.09. The largest absolute Gasteiger partial charge is 0.292 e. The van der Waals surface area contributed by atoms with Crippen LogP contribution in [0, 0.1) is 0 Å². The maximum Gasteiger partial charge on any atom is 0.240 e. The van der Waals surface area contributed by atoms with Crippen molar-refractivity contribution in [3.8, 4) is 0 Å². The van der Waals surface area contributed by atoms with Gasteiger partial charge in [-0.25, -0.2) is 10.8 Å². The lowest BCUT2D eigenvalue weighted by Crippen LogP contribution is -2.11. The summed E-state index contributed by atoms with van der Waals surface area (Å²) < 4.78 is 0. The molecule has 0 aliphatic rings. The van der Waals surface area contributed by atoms with Crippen molar-refractivity contribution in [3.05, 3.63) is 6.20 Å². The van der Waals surface area contributed by atoms with Gasteiger partial charge >= 0.3 is 0 Å². The van der Waals surface area contributed by atoms with Gasteiger partial charge in [-0.15, -0.1) is 11.8 Å². The lowest BCUT2D eigenvalue weighted by molar-refractivity contribution is 0.901. The first-order chi connectivity index (χ1) is 7.74. The smallest absolute Gasteiger partial charge is 0.240 e. The molecule has 2 aromatic rings. The number of aromatic amines is 1. The molecule has 0 aliphatic carbocycles. The zero-order chi connectivity index (χ0) is 11.5. The molecule has 2 heterocycles. The number of nitrogens with zero attached hydrogens (tertiary/aromatic N) is 3. The average Bonchev–Trinajstić information content (AvgIpc) is 2.76. The maximum atomic E-state index is 5.32. The van der Waals surface area contributed by atoms with Gasteiger partial charge in [0, 0.05) is 5.25 Å². The summed E-state index contributed by atoms with van der Waals surface area (Å²) in [7, 11) is 0. The van der Waals surface area contributed by atoms with Crippen LogP contribution < -0.4 is 11.3 Å². The number of thioether (sulfide) groups is 1.